The monoisotopic (exact) mass is 275 g/mol. The summed E-state index contributed by atoms with van der Waals surface area (Å²) >= 11 is 0. The minimum absolute atomic E-state index is 0.121. The highest BCUT2D eigenvalue weighted by atomic mass is 16.5. The first kappa shape index (κ1) is 16.6. The number of rotatable bonds is 5. The SMILES string of the molecule is CCC(C)(C)N(C)Cc1cc(C#CCO)ccc1OC. The van der Waals surface area contributed by atoms with Crippen LogP contribution in [0.3, 0.4) is 0 Å². The van der Waals surface area contributed by atoms with E-state index in [4.69, 9.17) is 9.84 Å². The van der Waals surface area contributed by atoms with Crippen LogP contribution in [-0.4, -0.2) is 36.3 Å². The van der Waals surface area contributed by atoms with Crippen LogP contribution >= 0.6 is 0 Å². The molecule has 0 amide bonds. The lowest BCUT2D eigenvalue weighted by Gasteiger charge is -2.35. The van der Waals surface area contributed by atoms with Gasteiger partial charge in [0.05, 0.1) is 7.11 Å². The van der Waals surface area contributed by atoms with E-state index in [0.717, 1.165) is 29.8 Å². The van der Waals surface area contributed by atoms with Gasteiger partial charge >= 0.3 is 0 Å². The molecule has 1 N–H and O–H groups in total. The van der Waals surface area contributed by atoms with Crippen molar-refractivity contribution in [3.8, 4) is 17.6 Å². The van der Waals surface area contributed by atoms with Gasteiger partial charge in [0.15, 0.2) is 0 Å². The summed E-state index contributed by atoms with van der Waals surface area (Å²) in [5.74, 6) is 6.49. The third kappa shape index (κ3) is 4.26. The molecule has 1 rings (SSSR count). The Hall–Kier alpha value is -1.50. The molecule has 0 radical (unpaired) electrons. The van der Waals surface area contributed by atoms with Crippen LogP contribution in [0.15, 0.2) is 18.2 Å². The summed E-state index contributed by atoms with van der Waals surface area (Å²) in [4.78, 5) is 2.31. The highest BCUT2D eigenvalue weighted by Gasteiger charge is 2.22. The standard InChI is InChI=1S/C17H25NO2/c1-6-17(2,3)18(4)13-15-12-14(8-7-11-19)9-10-16(15)20-5/h9-10,12,19H,6,11,13H2,1-5H3. The third-order valence-electron chi connectivity index (χ3n) is 3.90. The van der Waals surface area contributed by atoms with Gasteiger partial charge < -0.3 is 9.84 Å². The number of methoxy groups -OCH3 is 1. The van der Waals surface area contributed by atoms with Crippen LogP contribution in [-0.2, 0) is 6.54 Å². The van der Waals surface area contributed by atoms with Crippen LogP contribution in [0, 0.1) is 11.8 Å². The molecule has 1 aromatic carbocycles. The van der Waals surface area contributed by atoms with Crippen LogP contribution in [0.25, 0.3) is 0 Å². The fraction of sp³-hybridized carbons (Fsp3) is 0.529. The zero-order valence-corrected chi connectivity index (χ0v) is 13.2. The quantitative estimate of drug-likeness (QED) is 0.839. The average molecular weight is 275 g/mol. The molecule has 3 heteroatoms. The van der Waals surface area contributed by atoms with Crippen molar-refractivity contribution >= 4 is 0 Å². The van der Waals surface area contributed by atoms with E-state index in [9.17, 15) is 0 Å². The van der Waals surface area contributed by atoms with E-state index in [0.29, 0.717) is 0 Å². The van der Waals surface area contributed by atoms with Crippen molar-refractivity contribution in [1.29, 1.82) is 0 Å². The summed E-state index contributed by atoms with van der Waals surface area (Å²) in [6, 6.07) is 5.88. The van der Waals surface area contributed by atoms with Crippen LogP contribution in [0.2, 0.25) is 0 Å². The van der Waals surface area contributed by atoms with Crippen molar-refractivity contribution in [3.63, 3.8) is 0 Å². The molecule has 0 unspecified atom stereocenters. The molecule has 20 heavy (non-hydrogen) atoms. The Bertz CT molecular complexity index is 497. The fourth-order valence-corrected chi connectivity index (χ4v) is 1.86. The zero-order valence-electron chi connectivity index (χ0n) is 13.2. The highest BCUT2D eigenvalue weighted by molar-refractivity contribution is 5.44. The van der Waals surface area contributed by atoms with Gasteiger partial charge in [-0.05, 0) is 45.5 Å². The molecule has 0 bridgehead atoms. The first-order chi connectivity index (χ1) is 9.44. The van der Waals surface area contributed by atoms with Crippen molar-refractivity contribution in [2.45, 2.75) is 39.3 Å². The topological polar surface area (TPSA) is 32.7 Å². The molecule has 0 aliphatic heterocycles. The molecule has 0 aliphatic rings. The van der Waals surface area contributed by atoms with E-state index in [2.05, 4.69) is 44.6 Å². The molecule has 110 valence electrons. The van der Waals surface area contributed by atoms with Gasteiger partial charge in [0.1, 0.15) is 12.4 Å². The van der Waals surface area contributed by atoms with Crippen LogP contribution in [0.5, 0.6) is 5.75 Å². The molecule has 0 aliphatic carbocycles. The predicted octanol–water partition coefficient (Wildman–Crippen LogP) is 2.66. The summed E-state index contributed by atoms with van der Waals surface area (Å²) in [6.45, 7) is 7.34. The summed E-state index contributed by atoms with van der Waals surface area (Å²) < 4.78 is 5.43. The molecule has 0 aromatic heterocycles. The summed E-state index contributed by atoms with van der Waals surface area (Å²) in [5, 5.41) is 8.78. The normalized spacial score (nSPS) is 11.2. The van der Waals surface area contributed by atoms with Gasteiger partial charge in [-0.25, -0.2) is 0 Å². The van der Waals surface area contributed by atoms with E-state index >= 15 is 0 Å². The second-order valence-corrected chi connectivity index (χ2v) is 5.51. The molecule has 0 atom stereocenters. The van der Waals surface area contributed by atoms with Crippen molar-refractivity contribution < 1.29 is 9.84 Å². The van der Waals surface area contributed by atoms with E-state index in [1.54, 1.807) is 7.11 Å². The zero-order chi connectivity index (χ0) is 15.2. The molecular weight excluding hydrogens is 250 g/mol. The minimum atomic E-state index is -0.121. The Morgan fingerprint density at radius 3 is 2.60 bits per heavy atom. The maximum atomic E-state index is 8.78. The summed E-state index contributed by atoms with van der Waals surface area (Å²) in [5.41, 5.74) is 2.15. The maximum absolute atomic E-state index is 8.78. The lowest BCUT2D eigenvalue weighted by molar-refractivity contribution is 0.141. The highest BCUT2D eigenvalue weighted by Crippen LogP contribution is 2.25. The molecule has 0 fully saturated rings. The largest absolute Gasteiger partial charge is 0.496 e. The van der Waals surface area contributed by atoms with E-state index < -0.39 is 0 Å². The second-order valence-electron chi connectivity index (χ2n) is 5.51. The van der Waals surface area contributed by atoms with Gasteiger partial charge in [-0.3, -0.25) is 4.90 Å². The summed E-state index contributed by atoms with van der Waals surface area (Å²) in [7, 11) is 3.80. The van der Waals surface area contributed by atoms with E-state index in [1.165, 1.54) is 0 Å². The molecule has 0 saturated heterocycles. The van der Waals surface area contributed by atoms with Gasteiger partial charge in [-0.1, -0.05) is 18.8 Å². The molecule has 0 spiro atoms. The van der Waals surface area contributed by atoms with Gasteiger partial charge in [0, 0.05) is 23.2 Å². The van der Waals surface area contributed by atoms with E-state index in [1.807, 2.05) is 18.2 Å². The van der Waals surface area contributed by atoms with Gasteiger partial charge in [0.25, 0.3) is 0 Å². The molecule has 3 nitrogen and oxygen atoms in total. The number of benzene rings is 1. The number of aliphatic hydroxyl groups excluding tert-OH is 1. The lowest BCUT2D eigenvalue weighted by atomic mass is 9.98. The minimum Gasteiger partial charge on any atom is -0.496 e. The molecular formula is C17H25NO2. The number of nitrogens with zero attached hydrogens (tertiary/aromatic N) is 1. The molecule has 0 heterocycles. The lowest BCUT2D eigenvalue weighted by Crippen LogP contribution is -2.39. The van der Waals surface area contributed by atoms with Crippen molar-refractivity contribution in [2.24, 2.45) is 0 Å². The Kier molecular flexibility index (Phi) is 6.06. The molecule has 0 saturated carbocycles. The van der Waals surface area contributed by atoms with Gasteiger partial charge in [0.2, 0.25) is 0 Å². The predicted molar refractivity (Wildman–Crippen MR) is 82.8 cm³/mol. The Morgan fingerprint density at radius 1 is 1.35 bits per heavy atom. The van der Waals surface area contributed by atoms with Crippen LogP contribution < -0.4 is 4.74 Å². The van der Waals surface area contributed by atoms with Gasteiger partial charge in [-0.2, -0.15) is 0 Å². The van der Waals surface area contributed by atoms with Crippen molar-refractivity contribution in [2.75, 3.05) is 20.8 Å². The van der Waals surface area contributed by atoms with Crippen LogP contribution in [0.1, 0.15) is 38.3 Å². The Balaban J connectivity index is 3.02. The molecule has 1 aromatic rings. The average Bonchev–Trinajstić information content (AvgIpc) is 2.45. The van der Waals surface area contributed by atoms with Gasteiger partial charge in [-0.15, -0.1) is 0 Å². The van der Waals surface area contributed by atoms with Crippen molar-refractivity contribution in [3.05, 3.63) is 29.3 Å². The first-order valence-electron chi connectivity index (χ1n) is 6.92. The third-order valence-corrected chi connectivity index (χ3v) is 3.90. The number of aliphatic hydroxyl groups is 1. The van der Waals surface area contributed by atoms with Crippen LogP contribution in [0.4, 0.5) is 0 Å². The Morgan fingerprint density at radius 2 is 2.05 bits per heavy atom. The number of hydrogen-bond acceptors (Lipinski definition) is 3. The summed E-state index contributed by atoms with van der Waals surface area (Å²) in [6.07, 6.45) is 1.08. The van der Waals surface area contributed by atoms with E-state index in [-0.39, 0.29) is 12.1 Å². The smallest absolute Gasteiger partial charge is 0.123 e. The second kappa shape index (κ2) is 7.33. The first-order valence-corrected chi connectivity index (χ1v) is 6.92. The number of hydrogen-bond donors (Lipinski definition) is 1. The Labute approximate surface area is 122 Å². The maximum Gasteiger partial charge on any atom is 0.123 e. The fourth-order valence-electron chi connectivity index (χ4n) is 1.86. The number of ether oxygens (including phenoxy) is 1. The van der Waals surface area contributed by atoms with Crippen molar-refractivity contribution in [1.82, 2.24) is 4.90 Å².